The van der Waals surface area contributed by atoms with Gasteiger partial charge in [0, 0.05) is 47.0 Å². The van der Waals surface area contributed by atoms with Crippen molar-refractivity contribution in [3.05, 3.63) is 127 Å². The predicted molar refractivity (Wildman–Crippen MR) is 145 cm³/mol. The lowest BCUT2D eigenvalue weighted by Gasteiger charge is -2.22. The second-order valence-corrected chi connectivity index (χ2v) is 8.89. The Morgan fingerprint density at radius 3 is 2.31 bits per heavy atom. The molecular formula is C32H21N3. The van der Waals surface area contributed by atoms with E-state index in [0.29, 0.717) is 0 Å². The molecule has 0 fully saturated rings. The van der Waals surface area contributed by atoms with Crippen LogP contribution in [0, 0.1) is 0 Å². The summed E-state index contributed by atoms with van der Waals surface area (Å²) in [7, 11) is 0. The average molecular weight is 448 g/mol. The minimum absolute atomic E-state index is 0.0736. The van der Waals surface area contributed by atoms with Crippen LogP contribution in [0.1, 0.15) is 17.0 Å². The first-order valence-corrected chi connectivity index (χ1v) is 11.8. The van der Waals surface area contributed by atoms with Crippen LogP contribution in [0.3, 0.4) is 0 Å². The van der Waals surface area contributed by atoms with Gasteiger partial charge in [-0.1, -0.05) is 60.7 Å². The molecule has 7 rings (SSSR count). The van der Waals surface area contributed by atoms with Gasteiger partial charge in [0.25, 0.3) is 0 Å². The highest BCUT2D eigenvalue weighted by Gasteiger charge is 2.23. The molecule has 0 saturated heterocycles. The third-order valence-electron chi connectivity index (χ3n) is 7.09. The number of nitrogens with zero attached hydrogens (tertiary/aromatic N) is 3. The molecule has 3 heteroatoms. The Morgan fingerprint density at radius 2 is 1.46 bits per heavy atom. The second kappa shape index (κ2) is 7.71. The summed E-state index contributed by atoms with van der Waals surface area (Å²) in [5.41, 5.74) is 5.28. The van der Waals surface area contributed by atoms with Gasteiger partial charge in [-0.2, -0.15) is 0 Å². The molecule has 0 radical (unpaired) electrons. The summed E-state index contributed by atoms with van der Waals surface area (Å²) in [4.78, 5) is 14.0. The van der Waals surface area contributed by atoms with Crippen LogP contribution in [0.4, 0.5) is 0 Å². The highest BCUT2D eigenvalue weighted by atomic mass is 14.7. The molecule has 0 aliphatic heterocycles. The van der Waals surface area contributed by atoms with Crippen molar-refractivity contribution in [1.29, 1.82) is 0 Å². The summed E-state index contributed by atoms with van der Waals surface area (Å²) in [5.74, 6) is -0.0736. The number of rotatable bonds is 4. The first-order chi connectivity index (χ1) is 17.3. The smallest absolute Gasteiger partial charge is 0.0790 e. The minimum Gasteiger partial charge on any atom is -0.264 e. The van der Waals surface area contributed by atoms with E-state index in [4.69, 9.17) is 4.98 Å². The van der Waals surface area contributed by atoms with Crippen molar-refractivity contribution in [3.63, 3.8) is 0 Å². The number of pyridine rings is 3. The maximum atomic E-state index is 4.92. The first-order valence-electron chi connectivity index (χ1n) is 11.8. The molecule has 1 atom stereocenters. The molecule has 164 valence electrons. The fourth-order valence-electron chi connectivity index (χ4n) is 5.60. The standard InChI is InChI=1S/C32H21N3/c1-2-22(27-19-33-18-15-23(27)28-10-3-4-16-34-28)25-14-13-21-12-11-20-7-5-8-24-26-9-6-17-35-32(26)31(25)30(21)29(20)24/h2-19,22H,1H2. The van der Waals surface area contributed by atoms with E-state index < -0.39 is 0 Å². The maximum Gasteiger partial charge on any atom is 0.0790 e. The SMILES string of the molecule is C=CC(c1cnccc1-c1ccccn1)c1ccc2ccc3cccc4c5cccnc5c1c2c34. The van der Waals surface area contributed by atoms with E-state index >= 15 is 0 Å². The van der Waals surface area contributed by atoms with Crippen LogP contribution >= 0.6 is 0 Å². The average Bonchev–Trinajstić information content (AvgIpc) is 2.93. The van der Waals surface area contributed by atoms with Gasteiger partial charge in [-0.15, -0.1) is 6.58 Å². The number of hydrogen-bond acceptors (Lipinski definition) is 3. The Kier molecular flexibility index (Phi) is 4.36. The lowest BCUT2D eigenvalue weighted by Crippen LogP contribution is -2.04. The van der Waals surface area contributed by atoms with Crippen molar-refractivity contribution in [1.82, 2.24) is 15.0 Å². The highest BCUT2D eigenvalue weighted by molar-refractivity contribution is 6.33. The molecule has 3 heterocycles. The van der Waals surface area contributed by atoms with Gasteiger partial charge >= 0.3 is 0 Å². The van der Waals surface area contributed by atoms with Gasteiger partial charge in [-0.25, -0.2) is 0 Å². The Hall–Kier alpha value is -4.63. The number of fused-ring (bicyclic) bond motifs is 3. The van der Waals surface area contributed by atoms with E-state index in [2.05, 4.69) is 65.1 Å². The van der Waals surface area contributed by atoms with Crippen LogP contribution in [0.2, 0.25) is 0 Å². The summed E-state index contributed by atoms with van der Waals surface area (Å²) in [5, 5.41) is 8.62. The normalized spacial score (nSPS) is 12.6. The summed E-state index contributed by atoms with van der Waals surface area (Å²) < 4.78 is 0. The van der Waals surface area contributed by atoms with Gasteiger partial charge in [-0.3, -0.25) is 15.0 Å². The van der Waals surface area contributed by atoms with Crippen LogP contribution in [-0.2, 0) is 0 Å². The van der Waals surface area contributed by atoms with Gasteiger partial charge in [0.05, 0.1) is 11.2 Å². The van der Waals surface area contributed by atoms with Crippen molar-refractivity contribution >= 4 is 43.2 Å². The molecule has 3 aromatic heterocycles. The number of aromatic nitrogens is 3. The third kappa shape index (κ3) is 2.88. The number of allylic oxidation sites excluding steroid dienone is 1. The summed E-state index contributed by atoms with van der Waals surface area (Å²) >= 11 is 0. The van der Waals surface area contributed by atoms with Crippen molar-refractivity contribution < 1.29 is 0 Å². The quantitative estimate of drug-likeness (QED) is 0.156. The molecular weight excluding hydrogens is 426 g/mol. The minimum atomic E-state index is -0.0736. The first kappa shape index (κ1) is 19.8. The summed E-state index contributed by atoms with van der Waals surface area (Å²) in [6.07, 6.45) is 9.51. The largest absolute Gasteiger partial charge is 0.264 e. The molecule has 4 aromatic carbocycles. The zero-order valence-corrected chi connectivity index (χ0v) is 19.0. The molecule has 0 saturated carbocycles. The van der Waals surface area contributed by atoms with Gasteiger partial charge in [0.1, 0.15) is 0 Å². The maximum absolute atomic E-state index is 4.92. The topological polar surface area (TPSA) is 38.7 Å². The fraction of sp³-hybridized carbons (Fsp3) is 0.0312. The lowest BCUT2D eigenvalue weighted by atomic mass is 9.82. The van der Waals surface area contributed by atoms with Crippen LogP contribution in [0.5, 0.6) is 0 Å². The van der Waals surface area contributed by atoms with Crippen molar-refractivity contribution in [2.24, 2.45) is 0 Å². The van der Waals surface area contributed by atoms with E-state index in [9.17, 15) is 0 Å². The van der Waals surface area contributed by atoms with Crippen LogP contribution < -0.4 is 0 Å². The predicted octanol–water partition coefficient (Wildman–Crippen LogP) is 7.91. The lowest BCUT2D eigenvalue weighted by molar-refractivity contribution is 1.02. The van der Waals surface area contributed by atoms with E-state index in [0.717, 1.165) is 22.3 Å². The molecule has 7 aromatic rings. The molecule has 0 bridgehead atoms. The van der Waals surface area contributed by atoms with Gasteiger partial charge in [-0.05, 0) is 62.3 Å². The van der Waals surface area contributed by atoms with Crippen molar-refractivity contribution in [2.45, 2.75) is 5.92 Å². The van der Waals surface area contributed by atoms with Crippen molar-refractivity contribution in [3.8, 4) is 11.3 Å². The summed E-state index contributed by atoms with van der Waals surface area (Å²) in [6, 6.07) is 27.7. The molecule has 35 heavy (non-hydrogen) atoms. The number of hydrogen-bond donors (Lipinski definition) is 0. The van der Waals surface area contributed by atoms with Gasteiger partial charge in [0.15, 0.2) is 0 Å². The van der Waals surface area contributed by atoms with Gasteiger partial charge < -0.3 is 0 Å². The van der Waals surface area contributed by atoms with Crippen molar-refractivity contribution in [2.75, 3.05) is 0 Å². The van der Waals surface area contributed by atoms with Gasteiger partial charge in [0.2, 0.25) is 0 Å². The zero-order valence-electron chi connectivity index (χ0n) is 19.0. The van der Waals surface area contributed by atoms with Crippen LogP contribution in [0.25, 0.3) is 54.5 Å². The van der Waals surface area contributed by atoms with Crippen LogP contribution in [-0.4, -0.2) is 15.0 Å². The third-order valence-corrected chi connectivity index (χ3v) is 7.09. The van der Waals surface area contributed by atoms with E-state index in [1.807, 2.05) is 61.2 Å². The van der Waals surface area contributed by atoms with E-state index in [1.54, 1.807) is 0 Å². The molecule has 1 unspecified atom stereocenters. The molecule has 0 aliphatic rings. The Bertz CT molecular complexity index is 1870. The molecule has 0 spiro atoms. The van der Waals surface area contributed by atoms with E-state index in [1.165, 1.54) is 43.3 Å². The molecule has 0 amide bonds. The molecule has 3 nitrogen and oxygen atoms in total. The van der Waals surface area contributed by atoms with Crippen LogP contribution in [0.15, 0.2) is 116 Å². The molecule has 0 aliphatic carbocycles. The Morgan fingerprint density at radius 1 is 0.629 bits per heavy atom. The molecule has 0 N–H and O–H groups in total. The Labute approximate surface area is 202 Å². The highest BCUT2D eigenvalue weighted by Crippen LogP contribution is 2.45. The fourth-order valence-corrected chi connectivity index (χ4v) is 5.60. The summed E-state index contributed by atoms with van der Waals surface area (Å²) in [6.45, 7) is 4.27. The number of benzene rings is 4. The second-order valence-electron chi connectivity index (χ2n) is 8.89. The monoisotopic (exact) mass is 447 g/mol. The Balaban J connectivity index is 1.62. The zero-order chi connectivity index (χ0) is 23.4. The van der Waals surface area contributed by atoms with E-state index in [-0.39, 0.29) is 5.92 Å².